The number of hydrogen-bond acceptors (Lipinski definition) is 0. The molecule has 2 atom stereocenters. The molecule has 0 fully saturated rings. The average molecular weight is 340 g/mol. The van der Waals surface area contributed by atoms with E-state index in [-0.39, 0.29) is 0 Å². The monoisotopic (exact) mass is 339 g/mol. The molecule has 0 aliphatic carbocycles. The first-order valence-electron chi connectivity index (χ1n) is 11.3. The highest BCUT2D eigenvalue weighted by molar-refractivity contribution is 4.85. The van der Waals surface area contributed by atoms with Crippen LogP contribution in [0.25, 0.3) is 0 Å². The molecule has 0 aliphatic rings. The molecule has 24 heavy (non-hydrogen) atoms. The molecule has 1 nitrogen and oxygen atoms in total. The summed E-state index contributed by atoms with van der Waals surface area (Å²) in [6.07, 6.45) is 20.9. The van der Waals surface area contributed by atoms with E-state index in [1.807, 2.05) is 0 Å². The van der Waals surface area contributed by atoms with Crippen molar-refractivity contribution in [2.75, 3.05) is 0 Å². The fourth-order valence-electron chi connectivity index (χ4n) is 4.17. The van der Waals surface area contributed by atoms with Crippen LogP contribution in [0.4, 0.5) is 0 Å². The summed E-state index contributed by atoms with van der Waals surface area (Å²) in [5, 5.41) is 13.5. The Hall–Kier alpha value is -0.0400. The van der Waals surface area contributed by atoms with E-state index in [0.717, 1.165) is 32.1 Å². The van der Waals surface area contributed by atoms with Gasteiger partial charge in [0.05, 0.1) is 0 Å². The summed E-state index contributed by atoms with van der Waals surface area (Å²) in [6, 6.07) is 0. The van der Waals surface area contributed by atoms with Gasteiger partial charge in [0, 0.05) is 0 Å². The van der Waals surface area contributed by atoms with E-state index in [0.29, 0.717) is 5.92 Å². The molecule has 0 heterocycles. The minimum absolute atomic E-state index is 0.402. The van der Waals surface area contributed by atoms with E-state index < -0.39 is 5.60 Å². The zero-order valence-corrected chi connectivity index (χ0v) is 17.5. The second-order valence-electron chi connectivity index (χ2n) is 7.99. The van der Waals surface area contributed by atoms with Gasteiger partial charge in [0.2, 0.25) is 0 Å². The van der Waals surface area contributed by atoms with E-state index in [9.17, 15) is 5.11 Å². The smallest absolute Gasteiger partial charge is 0.106 e. The van der Waals surface area contributed by atoms with Crippen LogP contribution in [-0.2, 0) is 5.11 Å². The predicted molar refractivity (Wildman–Crippen MR) is 108 cm³/mol. The fraction of sp³-hybridized carbons (Fsp3) is 1.00. The van der Waals surface area contributed by atoms with Gasteiger partial charge in [-0.2, -0.15) is 0 Å². The van der Waals surface area contributed by atoms with Crippen LogP contribution in [0.2, 0.25) is 0 Å². The Bertz CT molecular complexity index is 250. The predicted octanol–water partition coefficient (Wildman–Crippen LogP) is 8.48. The summed E-state index contributed by atoms with van der Waals surface area (Å²) in [4.78, 5) is 0. The average Bonchev–Trinajstić information content (AvgIpc) is 2.57. The van der Waals surface area contributed by atoms with E-state index >= 15 is 0 Å². The second kappa shape index (κ2) is 16.4. The summed E-state index contributed by atoms with van der Waals surface area (Å²) in [5.74, 6) is 0.402. The molecule has 0 aromatic carbocycles. The number of hydrogen-bond donors (Lipinski definition) is 0. The SMILES string of the molecule is CCCCCCCCC(CC)C([O])(CCC)CCCCCCCC. The van der Waals surface area contributed by atoms with Gasteiger partial charge in [-0.25, -0.2) is 5.11 Å². The first-order chi connectivity index (χ1) is 11.6. The lowest BCUT2D eigenvalue weighted by molar-refractivity contribution is -0.0970. The Balaban J connectivity index is 4.17. The summed E-state index contributed by atoms with van der Waals surface area (Å²) in [6.45, 7) is 8.96. The number of unbranched alkanes of at least 4 members (excludes halogenated alkanes) is 10. The standard InChI is InChI=1S/C23H47O/c1-5-9-11-13-15-17-19-22(8-4)23(24,20-7-3)21-18-16-14-12-10-6-2/h22H,5-21H2,1-4H3. The highest BCUT2D eigenvalue weighted by Crippen LogP contribution is 2.35. The van der Waals surface area contributed by atoms with Crippen LogP contribution in [0.5, 0.6) is 0 Å². The van der Waals surface area contributed by atoms with Crippen LogP contribution in [0.15, 0.2) is 0 Å². The maximum Gasteiger partial charge on any atom is 0.106 e. The Morgan fingerprint density at radius 1 is 0.583 bits per heavy atom. The van der Waals surface area contributed by atoms with Gasteiger partial charge in [-0.05, 0) is 25.2 Å². The molecule has 0 rings (SSSR count). The largest absolute Gasteiger partial charge is 0.229 e. The molecule has 0 spiro atoms. The Kier molecular flexibility index (Phi) is 16.4. The van der Waals surface area contributed by atoms with Crippen LogP contribution in [-0.4, -0.2) is 5.60 Å². The van der Waals surface area contributed by atoms with Gasteiger partial charge >= 0.3 is 0 Å². The normalized spacial score (nSPS) is 15.4. The van der Waals surface area contributed by atoms with Crippen molar-refractivity contribution in [1.82, 2.24) is 0 Å². The summed E-state index contributed by atoms with van der Waals surface area (Å²) < 4.78 is 0. The van der Waals surface area contributed by atoms with Crippen LogP contribution in [0.3, 0.4) is 0 Å². The van der Waals surface area contributed by atoms with Crippen molar-refractivity contribution < 1.29 is 5.11 Å². The minimum Gasteiger partial charge on any atom is -0.229 e. The van der Waals surface area contributed by atoms with E-state index in [1.54, 1.807) is 0 Å². The first kappa shape index (κ1) is 24.0. The molecule has 1 heteroatoms. The third-order valence-corrected chi connectivity index (χ3v) is 5.77. The van der Waals surface area contributed by atoms with Crippen molar-refractivity contribution in [2.24, 2.45) is 5.92 Å². The van der Waals surface area contributed by atoms with Gasteiger partial charge in [0.25, 0.3) is 0 Å². The molecule has 0 bridgehead atoms. The van der Waals surface area contributed by atoms with Gasteiger partial charge in [-0.15, -0.1) is 0 Å². The van der Waals surface area contributed by atoms with Crippen molar-refractivity contribution in [2.45, 2.75) is 142 Å². The molecule has 0 aromatic heterocycles. The third kappa shape index (κ3) is 11.5. The summed E-state index contributed by atoms with van der Waals surface area (Å²) in [7, 11) is 0. The van der Waals surface area contributed by atoms with Crippen LogP contribution in [0, 0.1) is 5.92 Å². The highest BCUT2D eigenvalue weighted by Gasteiger charge is 2.35. The fourth-order valence-corrected chi connectivity index (χ4v) is 4.17. The molecule has 2 unspecified atom stereocenters. The van der Waals surface area contributed by atoms with Crippen molar-refractivity contribution in [3.05, 3.63) is 0 Å². The highest BCUT2D eigenvalue weighted by atomic mass is 16.3. The molecule has 1 radical (unpaired) electrons. The van der Waals surface area contributed by atoms with Crippen LogP contribution in [0.1, 0.15) is 137 Å². The Morgan fingerprint density at radius 2 is 1.08 bits per heavy atom. The number of rotatable bonds is 18. The molecule has 0 aliphatic heterocycles. The van der Waals surface area contributed by atoms with Crippen LogP contribution < -0.4 is 0 Å². The molecule has 0 N–H and O–H groups in total. The zero-order valence-electron chi connectivity index (χ0n) is 17.5. The molecule has 0 saturated heterocycles. The van der Waals surface area contributed by atoms with E-state index in [2.05, 4.69) is 27.7 Å². The topological polar surface area (TPSA) is 19.9 Å². The summed E-state index contributed by atoms with van der Waals surface area (Å²) in [5.41, 5.74) is -0.641. The van der Waals surface area contributed by atoms with Gasteiger partial charge in [0.1, 0.15) is 5.60 Å². The van der Waals surface area contributed by atoms with Gasteiger partial charge < -0.3 is 0 Å². The lowest BCUT2D eigenvalue weighted by atomic mass is 9.75. The molecular weight excluding hydrogens is 292 g/mol. The molecular formula is C23H47O. The lowest BCUT2D eigenvalue weighted by Gasteiger charge is -2.34. The second-order valence-corrected chi connectivity index (χ2v) is 7.99. The van der Waals surface area contributed by atoms with E-state index in [1.165, 1.54) is 77.0 Å². The molecule has 0 amide bonds. The maximum absolute atomic E-state index is 13.5. The lowest BCUT2D eigenvalue weighted by Crippen LogP contribution is -2.36. The minimum atomic E-state index is -0.641. The van der Waals surface area contributed by atoms with Crippen molar-refractivity contribution in [3.8, 4) is 0 Å². The van der Waals surface area contributed by atoms with Gasteiger partial charge in [0.15, 0.2) is 0 Å². The van der Waals surface area contributed by atoms with Crippen molar-refractivity contribution in [1.29, 1.82) is 0 Å². The van der Waals surface area contributed by atoms with Crippen molar-refractivity contribution in [3.63, 3.8) is 0 Å². The third-order valence-electron chi connectivity index (χ3n) is 5.77. The molecule has 145 valence electrons. The Labute approximate surface area is 154 Å². The molecule has 0 aromatic rings. The van der Waals surface area contributed by atoms with E-state index in [4.69, 9.17) is 0 Å². The summed E-state index contributed by atoms with van der Waals surface area (Å²) >= 11 is 0. The van der Waals surface area contributed by atoms with Gasteiger partial charge in [-0.1, -0.05) is 118 Å². The zero-order chi connectivity index (χ0) is 18.1. The Morgan fingerprint density at radius 3 is 1.58 bits per heavy atom. The maximum atomic E-state index is 13.5. The first-order valence-corrected chi connectivity index (χ1v) is 11.3. The molecule has 0 saturated carbocycles. The van der Waals surface area contributed by atoms with Crippen molar-refractivity contribution >= 4 is 0 Å². The van der Waals surface area contributed by atoms with Crippen LogP contribution >= 0.6 is 0 Å². The van der Waals surface area contributed by atoms with Gasteiger partial charge in [-0.3, -0.25) is 0 Å². The quantitative estimate of drug-likeness (QED) is 0.223.